The van der Waals surface area contributed by atoms with Crippen LogP contribution in [-0.2, 0) is 12.1 Å². The minimum atomic E-state index is -0.234. The average Bonchev–Trinajstić information content (AvgIpc) is 3.09. The van der Waals surface area contributed by atoms with Crippen LogP contribution >= 0.6 is 11.6 Å². The summed E-state index contributed by atoms with van der Waals surface area (Å²) in [5.74, 6) is 1.60. The van der Waals surface area contributed by atoms with Crippen molar-refractivity contribution in [3.8, 4) is 11.5 Å². The van der Waals surface area contributed by atoms with Crippen LogP contribution in [0.15, 0.2) is 48.7 Å². The van der Waals surface area contributed by atoms with Crippen LogP contribution in [0.3, 0.4) is 0 Å². The topological polar surface area (TPSA) is 43.4 Å². The van der Waals surface area contributed by atoms with Gasteiger partial charge in [0, 0.05) is 28.7 Å². The van der Waals surface area contributed by atoms with Crippen LogP contribution in [0.1, 0.15) is 25.0 Å². The van der Waals surface area contributed by atoms with E-state index in [0.29, 0.717) is 6.54 Å². The lowest BCUT2D eigenvalue weighted by molar-refractivity contribution is 0.174. The quantitative estimate of drug-likeness (QED) is 0.741. The highest BCUT2D eigenvalue weighted by atomic mass is 35.5. The summed E-state index contributed by atoms with van der Waals surface area (Å²) in [6, 6.07) is 13.9. The second kappa shape index (κ2) is 6.21. The number of rotatable bonds is 4. The lowest BCUT2D eigenvalue weighted by atomic mass is 9.93. The predicted molar refractivity (Wildman–Crippen MR) is 99.2 cm³/mol. The summed E-state index contributed by atoms with van der Waals surface area (Å²) < 4.78 is 10.9. The van der Waals surface area contributed by atoms with E-state index in [1.807, 2.05) is 36.4 Å². The zero-order valence-electron chi connectivity index (χ0n) is 14.2. The van der Waals surface area contributed by atoms with Crippen molar-refractivity contribution < 1.29 is 9.47 Å². The van der Waals surface area contributed by atoms with E-state index >= 15 is 0 Å². The van der Waals surface area contributed by atoms with Crippen LogP contribution in [0.2, 0.25) is 5.02 Å². The van der Waals surface area contributed by atoms with Crippen molar-refractivity contribution in [3.05, 3.63) is 64.8 Å². The van der Waals surface area contributed by atoms with Gasteiger partial charge in [0.1, 0.15) is 0 Å². The minimum Gasteiger partial charge on any atom is -0.454 e. The van der Waals surface area contributed by atoms with Crippen molar-refractivity contribution in [1.29, 1.82) is 0 Å². The maximum atomic E-state index is 6.28. The van der Waals surface area contributed by atoms with Gasteiger partial charge in [-0.15, -0.1) is 0 Å². The van der Waals surface area contributed by atoms with Crippen molar-refractivity contribution in [2.75, 3.05) is 6.79 Å². The Morgan fingerprint density at radius 2 is 1.96 bits per heavy atom. The van der Waals surface area contributed by atoms with E-state index in [9.17, 15) is 0 Å². The van der Waals surface area contributed by atoms with Gasteiger partial charge < -0.3 is 14.8 Å². The largest absolute Gasteiger partial charge is 0.454 e. The highest BCUT2D eigenvalue weighted by molar-refractivity contribution is 6.35. The number of aromatic nitrogens is 1. The third-order valence-corrected chi connectivity index (χ3v) is 4.94. The van der Waals surface area contributed by atoms with Gasteiger partial charge in [0.25, 0.3) is 0 Å². The zero-order valence-corrected chi connectivity index (χ0v) is 14.9. The summed E-state index contributed by atoms with van der Waals surface area (Å²) in [6.07, 6.45) is 1.80. The third kappa shape index (κ3) is 3.03. The molecule has 0 saturated heterocycles. The van der Waals surface area contributed by atoms with Gasteiger partial charge in [0.15, 0.2) is 11.5 Å². The first-order valence-electron chi connectivity index (χ1n) is 8.22. The van der Waals surface area contributed by atoms with Gasteiger partial charge in [0.2, 0.25) is 6.79 Å². The van der Waals surface area contributed by atoms with Crippen LogP contribution in [0.4, 0.5) is 0 Å². The molecule has 0 spiro atoms. The molecule has 1 aromatic heterocycles. The second-order valence-corrected chi connectivity index (χ2v) is 7.06. The molecule has 2 aromatic carbocycles. The molecule has 25 heavy (non-hydrogen) atoms. The van der Waals surface area contributed by atoms with Gasteiger partial charge >= 0.3 is 0 Å². The number of pyridine rings is 1. The minimum absolute atomic E-state index is 0.234. The van der Waals surface area contributed by atoms with Crippen molar-refractivity contribution in [3.63, 3.8) is 0 Å². The second-order valence-electron chi connectivity index (χ2n) is 6.65. The molecule has 3 aromatic rings. The highest BCUT2D eigenvalue weighted by Gasteiger charge is 2.23. The Bertz CT molecular complexity index is 940. The lowest BCUT2D eigenvalue weighted by Crippen LogP contribution is -2.36. The SMILES string of the molecule is CC(C)(NCc1ccc(Cl)c2cccnc12)c1ccc2c(c1)OCO2. The maximum Gasteiger partial charge on any atom is 0.231 e. The predicted octanol–water partition coefficient (Wildman–Crippen LogP) is 4.64. The van der Waals surface area contributed by atoms with Crippen molar-refractivity contribution >= 4 is 22.5 Å². The molecular weight excluding hydrogens is 336 g/mol. The average molecular weight is 355 g/mol. The molecule has 0 fully saturated rings. The molecule has 128 valence electrons. The van der Waals surface area contributed by atoms with E-state index in [-0.39, 0.29) is 12.3 Å². The molecule has 0 radical (unpaired) electrons. The Morgan fingerprint density at radius 3 is 2.84 bits per heavy atom. The number of hydrogen-bond donors (Lipinski definition) is 1. The maximum absolute atomic E-state index is 6.28. The molecule has 2 heterocycles. The molecule has 1 N–H and O–H groups in total. The standard InChI is InChI=1S/C20H19ClN2O2/c1-20(2,14-6-8-17-18(10-14)25-12-24-17)23-11-13-5-7-16(21)15-4-3-9-22-19(13)15/h3-10,23H,11-12H2,1-2H3. The molecule has 1 aliphatic rings. The summed E-state index contributed by atoms with van der Waals surface area (Å²) in [4.78, 5) is 4.50. The van der Waals surface area contributed by atoms with Gasteiger partial charge in [0.05, 0.1) is 5.52 Å². The number of benzene rings is 2. The van der Waals surface area contributed by atoms with Gasteiger partial charge in [-0.3, -0.25) is 4.98 Å². The molecule has 1 aliphatic heterocycles. The van der Waals surface area contributed by atoms with Crippen LogP contribution in [0, 0.1) is 0 Å². The summed E-state index contributed by atoms with van der Waals surface area (Å²) >= 11 is 6.28. The van der Waals surface area contributed by atoms with E-state index in [1.54, 1.807) is 6.20 Å². The molecule has 0 unspecified atom stereocenters. The smallest absolute Gasteiger partial charge is 0.231 e. The molecule has 0 aliphatic carbocycles. The fourth-order valence-corrected chi connectivity index (χ4v) is 3.26. The Hall–Kier alpha value is -2.30. The van der Waals surface area contributed by atoms with Crippen molar-refractivity contribution in [2.24, 2.45) is 0 Å². The van der Waals surface area contributed by atoms with Gasteiger partial charge in [-0.1, -0.05) is 23.7 Å². The van der Waals surface area contributed by atoms with Crippen LogP contribution in [-0.4, -0.2) is 11.8 Å². The van der Waals surface area contributed by atoms with Crippen LogP contribution in [0.5, 0.6) is 11.5 Å². The van der Waals surface area contributed by atoms with E-state index in [2.05, 4.69) is 30.2 Å². The molecule has 5 heteroatoms. The molecule has 0 saturated carbocycles. The molecule has 0 bridgehead atoms. The molecule has 4 rings (SSSR count). The summed E-state index contributed by atoms with van der Waals surface area (Å²) in [5, 5.41) is 5.32. The normalized spacial score (nSPS) is 13.4. The monoisotopic (exact) mass is 354 g/mol. The van der Waals surface area contributed by atoms with E-state index in [4.69, 9.17) is 21.1 Å². The lowest BCUT2D eigenvalue weighted by Gasteiger charge is -2.27. The van der Waals surface area contributed by atoms with Crippen molar-refractivity contribution in [1.82, 2.24) is 10.3 Å². The number of nitrogens with one attached hydrogen (secondary N) is 1. The molecule has 4 nitrogen and oxygen atoms in total. The fraction of sp³-hybridized carbons (Fsp3) is 0.250. The number of halogens is 1. The molecule has 0 amide bonds. The summed E-state index contributed by atoms with van der Waals surface area (Å²) in [5.41, 5.74) is 2.96. The van der Waals surface area contributed by atoms with Crippen molar-refractivity contribution in [2.45, 2.75) is 25.9 Å². The Kier molecular flexibility index (Phi) is 4.02. The van der Waals surface area contributed by atoms with Gasteiger partial charge in [-0.05, 0) is 55.3 Å². The highest BCUT2D eigenvalue weighted by Crippen LogP contribution is 2.36. The Labute approximate surface area is 151 Å². The first-order chi connectivity index (χ1) is 12.0. The van der Waals surface area contributed by atoms with Gasteiger partial charge in [-0.25, -0.2) is 0 Å². The van der Waals surface area contributed by atoms with E-state index in [0.717, 1.165) is 38.6 Å². The number of ether oxygens (including phenoxy) is 2. The number of nitrogens with zero attached hydrogens (tertiary/aromatic N) is 1. The Morgan fingerprint density at radius 1 is 1.12 bits per heavy atom. The first kappa shape index (κ1) is 16.2. The van der Waals surface area contributed by atoms with E-state index in [1.165, 1.54) is 0 Å². The third-order valence-electron chi connectivity index (χ3n) is 4.62. The van der Waals surface area contributed by atoms with Gasteiger partial charge in [-0.2, -0.15) is 0 Å². The summed E-state index contributed by atoms with van der Waals surface area (Å²) in [7, 11) is 0. The first-order valence-corrected chi connectivity index (χ1v) is 8.60. The number of fused-ring (bicyclic) bond motifs is 2. The molecular formula is C20H19ClN2O2. The molecule has 0 atom stereocenters. The fourth-order valence-electron chi connectivity index (χ4n) is 3.04. The van der Waals surface area contributed by atoms with Crippen LogP contribution < -0.4 is 14.8 Å². The van der Waals surface area contributed by atoms with E-state index < -0.39 is 0 Å². The number of hydrogen-bond acceptors (Lipinski definition) is 4. The Balaban J connectivity index is 1.59. The summed E-state index contributed by atoms with van der Waals surface area (Å²) in [6.45, 7) is 5.27. The van der Waals surface area contributed by atoms with Crippen LogP contribution in [0.25, 0.3) is 10.9 Å². The zero-order chi connectivity index (χ0) is 17.4.